The Balaban J connectivity index is 2.42. The van der Waals surface area contributed by atoms with Gasteiger partial charge in [-0.05, 0) is 38.0 Å². The third-order valence-electron chi connectivity index (χ3n) is 3.57. The van der Waals surface area contributed by atoms with Gasteiger partial charge in [-0.1, -0.05) is 13.0 Å². The Bertz CT molecular complexity index is 360. The van der Waals surface area contributed by atoms with Crippen LogP contribution in [0.3, 0.4) is 0 Å². The zero-order valence-electron chi connectivity index (χ0n) is 10.0. The number of hydrogen-bond acceptors (Lipinski definition) is 2. The molecule has 0 spiro atoms. The molecule has 2 rings (SSSR count). The van der Waals surface area contributed by atoms with Crippen molar-refractivity contribution in [2.45, 2.75) is 39.3 Å². The molecule has 0 aliphatic carbocycles. The lowest BCUT2D eigenvalue weighted by Crippen LogP contribution is -2.45. The first-order chi connectivity index (χ1) is 7.13. The molecule has 0 saturated carbocycles. The number of nitrogens with one attached hydrogen (secondary N) is 1. The van der Waals surface area contributed by atoms with E-state index >= 15 is 0 Å². The van der Waals surface area contributed by atoms with Gasteiger partial charge in [-0.2, -0.15) is 0 Å². The summed E-state index contributed by atoms with van der Waals surface area (Å²) in [5, 5.41) is 3.55. The lowest BCUT2D eigenvalue weighted by molar-refractivity contribution is 0.587. The molecule has 2 nitrogen and oxygen atoms in total. The number of nitrogens with zero attached hydrogens (tertiary/aromatic N) is 1. The van der Waals surface area contributed by atoms with Crippen LogP contribution in [0.2, 0.25) is 0 Å². The number of likely N-dealkylation sites (N-methyl/N-ethyl adjacent to an activating group) is 1. The molecule has 0 radical (unpaired) electrons. The standard InChI is InChI=1S/C13H20N2/c1-5-11-6-7-12-13(8-11)15(4)10(3)9(2)14-12/h6-10,14H,5H2,1-4H3. The molecule has 2 atom stereocenters. The lowest BCUT2D eigenvalue weighted by atomic mass is 10.0. The summed E-state index contributed by atoms with van der Waals surface area (Å²) in [7, 11) is 2.18. The highest BCUT2D eigenvalue weighted by molar-refractivity contribution is 5.73. The zero-order chi connectivity index (χ0) is 11.0. The van der Waals surface area contributed by atoms with Gasteiger partial charge in [0.2, 0.25) is 0 Å². The van der Waals surface area contributed by atoms with Crippen LogP contribution >= 0.6 is 0 Å². The van der Waals surface area contributed by atoms with Gasteiger partial charge in [-0.3, -0.25) is 0 Å². The predicted octanol–water partition coefficient (Wildman–Crippen LogP) is 2.89. The molecule has 2 unspecified atom stereocenters. The first-order valence-electron chi connectivity index (χ1n) is 5.75. The summed E-state index contributed by atoms with van der Waals surface area (Å²) in [6.07, 6.45) is 1.10. The van der Waals surface area contributed by atoms with Gasteiger partial charge in [0.15, 0.2) is 0 Å². The minimum atomic E-state index is 0.509. The molecule has 15 heavy (non-hydrogen) atoms. The van der Waals surface area contributed by atoms with Gasteiger partial charge in [-0.25, -0.2) is 0 Å². The van der Waals surface area contributed by atoms with E-state index in [1.165, 1.54) is 16.9 Å². The Morgan fingerprint density at radius 2 is 2.07 bits per heavy atom. The Hall–Kier alpha value is -1.18. The van der Waals surface area contributed by atoms with Gasteiger partial charge >= 0.3 is 0 Å². The molecular formula is C13H20N2. The Labute approximate surface area is 92.3 Å². The van der Waals surface area contributed by atoms with Crippen LogP contribution in [0.15, 0.2) is 18.2 Å². The van der Waals surface area contributed by atoms with Crippen LogP contribution in [0, 0.1) is 0 Å². The fourth-order valence-corrected chi connectivity index (χ4v) is 2.13. The maximum Gasteiger partial charge on any atom is 0.0605 e. The van der Waals surface area contributed by atoms with Crippen molar-refractivity contribution in [3.8, 4) is 0 Å². The SMILES string of the molecule is CCc1ccc2c(c1)N(C)C(C)C(C)N2. The molecule has 1 N–H and O–H groups in total. The number of hydrogen-bond donors (Lipinski definition) is 1. The molecule has 0 amide bonds. The highest BCUT2D eigenvalue weighted by atomic mass is 15.2. The summed E-state index contributed by atoms with van der Waals surface area (Å²) in [6, 6.07) is 7.76. The van der Waals surface area contributed by atoms with Gasteiger partial charge < -0.3 is 10.2 Å². The Morgan fingerprint density at radius 3 is 2.73 bits per heavy atom. The van der Waals surface area contributed by atoms with Crippen LogP contribution in [0.1, 0.15) is 26.3 Å². The van der Waals surface area contributed by atoms with E-state index in [-0.39, 0.29) is 0 Å². The smallest absolute Gasteiger partial charge is 0.0605 e. The summed E-state index contributed by atoms with van der Waals surface area (Å²) in [5.41, 5.74) is 4.00. The minimum absolute atomic E-state index is 0.509. The van der Waals surface area contributed by atoms with E-state index in [0.717, 1.165) is 6.42 Å². The Kier molecular flexibility index (Phi) is 2.59. The van der Waals surface area contributed by atoms with E-state index in [0.29, 0.717) is 12.1 Å². The third-order valence-corrected chi connectivity index (χ3v) is 3.57. The number of rotatable bonds is 1. The van der Waals surface area contributed by atoms with Crippen molar-refractivity contribution in [2.24, 2.45) is 0 Å². The van der Waals surface area contributed by atoms with E-state index in [2.05, 4.69) is 56.2 Å². The Morgan fingerprint density at radius 1 is 1.33 bits per heavy atom. The fourth-order valence-electron chi connectivity index (χ4n) is 2.13. The van der Waals surface area contributed by atoms with Crippen LogP contribution < -0.4 is 10.2 Å². The van der Waals surface area contributed by atoms with E-state index in [1.54, 1.807) is 0 Å². The van der Waals surface area contributed by atoms with Gasteiger partial charge in [-0.15, -0.1) is 0 Å². The fraction of sp³-hybridized carbons (Fsp3) is 0.538. The van der Waals surface area contributed by atoms with Crippen molar-refractivity contribution < 1.29 is 0 Å². The van der Waals surface area contributed by atoms with Crippen molar-refractivity contribution >= 4 is 11.4 Å². The maximum absolute atomic E-state index is 3.55. The van der Waals surface area contributed by atoms with Gasteiger partial charge in [0.05, 0.1) is 11.4 Å². The van der Waals surface area contributed by atoms with Gasteiger partial charge in [0.1, 0.15) is 0 Å². The number of anilines is 2. The van der Waals surface area contributed by atoms with Crippen molar-refractivity contribution in [2.75, 3.05) is 17.3 Å². The molecule has 82 valence electrons. The molecular weight excluding hydrogens is 184 g/mol. The van der Waals surface area contributed by atoms with E-state index in [4.69, 9.17) is 0 Å². The summed E-state index contributed by atoms with van der Waals surface area (Å²) in [4.78, 5) is 2.37. The minimum Gasteiger partial charge on any atom is -0.379 e. The monoisotopic (exact) mass is 204 g/mol. The molecule has 0 saturated heterocycles. The maximum atomic E-state index is 3.55. The molecule has 1 aromatic carbocycles. The van der Waals surface area contributed by atoms with E-state index in [9.17, 15) is 0 Å². The summed E-state index contributed by atoms with van der Waals surface area (Å²) < 4.78 is 0. The molecule has 1 aliphatic heterocycles. The highest BCUT2D eigenvalue weighted by Gasteiger charge is 2.25. The predicted molar refractivity (Wildman–Crippen MR) is 66.8 cm³/mol. The van der Waals surface area contributed by atoms with E-state index < -0.39 is 0 Å². The highest BCUT2D eigenvalue weighted by Crippen LogP contribution is 2.33. The van der Waals surface area contributed by atoms with Crippen molar-refractivity contribution in [1.29, 1.82) is 0 Å². The van der Waals surface area contributed by atoms with Crippen molar-refractivity contribution in [3.05, 3.63) is 23.8 Å². The first-order valence-corrected chi connectivity index (χ1v) is 5.75. The summed E-state index contributed by atoms with van der Waals surface area (Å²) in [6.45, 7) is 6.70. The molecule has 1 aliphatic rings. The van der Waals surface area contributed by atoms with Crippen LogP contribution in [0.5, 0.6) is 0 Å². The summed E-state index contributed by atoms with van der Waals surface area (Å²) in [5.74, 6) is 0. The number of benzene rings is 1. The van der Waals surface area contributed by atoms with Crippen LogP contribution in [0.25, 0.3) is 0 Å². The largest absolute Gasteiger partial charge is 0.379 e. The second-order valence-electron chi connectivity index (χ2n) is 4.49. The average molecular weight is 204 g/mol. The van der Waals surface area contributed by atoms with Crippen LogP contribution in [0.4, 0.5) is 11.4 Å². The topological polar surface area (TPSA) is 15.3 Å². The molecule has 2 heteroatoms. The van der Waals surface area contributed by atoms with Gasteiger partial charge in [0.25, 0.3) is 0 Å². The molecule has 1 heterocycles. The average Bonchev–Trinajstić information content (AvgIpc) is 2.26. The second-order valence-corrected chi connectivity index (χ2v) is 4.49. The molecule has 1 aromatic rings. The zero-order valence-corrected chi connectivity index (χ0v) is 10.0. The third kappa shape index (κ3) is 1.69. The molecule has 0 fully saturated rings. The second kappa shape index (κ2) is 3.76. The molecule has 0 aromatic heterocycles. The number of aryl methyl sites for hydroxylation is 1. The van der Waals surface area contributed by atoms with Crippen LogP contribution in [-0.4, -0.2) is 19.1 Å². The normalized spacial score (nSPS) is 24.7. The summed E-state index contributed by atoms with van der Waals surface area (Å²) >= 11 is 0. The first kappa shape index (κ1) is 10.3. The van der Waals surface area contributed by atoms with Crippen molar-refractivity contribution in [1.82, 2.24) is 0 Å². The molecule has 0 bridgehead atoms. The van der Waals surface area contributed by atoms with E-state index in [1.807, 2.05) is 0 Å². The quantitative estimate of drug-likeness (QED) is 0.756. The van der Waals surface area contributed by atoms with Crippen LogP contribution in [-0.2, 0) is 6.42 Å². The van der Waals surface area contributed by atoms with Gasteiger partial charge in [0, 0.05) is 19.1 Å². The lowest BCUT2D eigenvalue weighted by Gasteiger charge is -2.39. The van der Waals surface area contributed by atoms with Crippen molar-refractivity contribution in [3.63, 3.8) is 0 Å². The number of fused-ring (bicyclic) bond motifs is 1.